The van der Waals surface area contributed by atoms with Crippen LogP contribution in [0.2, 0.25) is 0 Å². The lowest BCUT2D eigenvalue weighted by Gasteiger charge is -2.21. The van der Waals surface area contributed by atoms with Gasteiger partial charge in [-0.05, 0) is 30.8 Å². The molecule has 3 aromatic carbocycles. The van der Waals surface area contributed by atoms with E-state index in [4.69, 9.17) is 9.47 Å². The number of carbonyl (C=O) groups excluding carboxylic acids is 1. The molecule has 3 heterocycles. The Labute approximate surface area is 201 Å². The molecule has 0 N–H and O–H groups in total. The van der Waals surface area contributed by atoms with Gasteiger partial charge < -0.3 is 18.9 Å². The lowest BCUT2D eigenvalue weighted by molar-refractivity contribution is 0.0503. The number of aromatic nitrogens is 1. The van der Waals surface area contributed by atoms with Crippen molar-refractivity contribution in [2.75, 3.05) is 40.0 Å². The molecule has 0 spiro atoms. The summed E-state index contributed by atoms with van der Waals surface area (Å²) in [6.45, 7) is 11.5. The second-order valence-electron chi connectivity index (χ2n) is 8.38. The summed E-state index contributed by atoms with van der Waals surface area (Å²) < 4.78 is 13.1. The van der Waals surface area contributed by atoms with Crippen molar-refractivity contribution in [2.45, 2.75) is 27.3 Å². The maximum Gasteiger partial charge on any atom is 0.196 e. The number of nitrogens with zero attached hydrogens (tertiary/aromatic N) is 2. The molecular weight excluding hydrogens is 424 g/mol. The number of morpholine rings is 1. The summed E-state index contributed by atoms with van der Waals surface area (Å²) >= 11 is 0. The van der Waals surface area contributed by atoms with Crippen LogP contribution in [0.15, 0.2) is 60.7 Å². The van der Waals surface area contributed by atoms with Crippen molar-refractivity contribution in [3.63, 3.8) is 0 Å². The second-order valence-corrected chi connectivity index (χ2v) is 8.38. The van der Waals surface area contributed by atoms with E-state index in [0.29, 0.717) is 6.61 Å². The minimum Gasteiger partial charge on any atom is -0.490 e. The Balaban J connectivity index is 0.000000260. The summed E-state index contributed by atoms with van der Waals surface area (Å²) in [6.07, 6.45) is 0. The molecule has 5 nitrogen and oxygen atoms in total. The zero-order valence-corrected chi connectivity index (χ0v) is 20.6. The second kappa shape index (κ2) is 10.9. The third-order valence-electron chi connectivity index (χ3n) is 6.37. The number of likely N-dealkylation sites (N-methyl/N-ethyl adjacent to an activating group) is 1. The van der Waals surface area contributed by atoms with Crippen molar-refractivity contribution in [3.8, 4) is 5.75 Å². The number of ketones is 1. The van der Waals surface area contributed by atoms with E-state index < -0.39 is 0 Å². The van der Waals surface area contributed by atoms with Crippen molar-refractivity contribution >= 4 is 27.5 Å². The van der Waals surface area contributed by atoms with Gasteiger partial charge in [-0.2, -0.15) is 0 Å². The van der Waals surface area contributed by atoms with Gasteiger partial charge in [0.2, 0.25) is 0 Å². The highest BCUT2D eigenvalue weighted by Gasteiger charge is 2.25. The topological polar surface area (TPSA) is 43.7 Å². The summed E-state index contributed by atoms with van der Waals surface area (Å²) in [5.41, 5.74) is 3.60. The zero-order chi connectivity index (χ0) is 24.1. The molecule has 6 rings (SSSR count). The van der Waals surface area contributed by atoms with E-state index in [1.807, 2.05) is 81.4 Å². The molecule has 0 amide bonds. The van der Waals surface area contributed by atoms with Crippen molar-refractivity contribution in [1.29, 1.82) is 0 Å². The van der Waals surface area contributed by atoms with Crippen LogP contribution in [0.1, 0.15) is 35.5 Å². The first-order valence-electron chi connectivity index (χ1n) is 12.2. The Kier molecular flexibility index (Phi) is 7.66. The van der Waals surface area contributed by atoms with Gasteiger partial charge in [0.05, 0.1) is 30.8 Å². The van der Waals surface area contributed by atoms with Crippen LogP contribution in [0, 0.1) is 6.92 Å². The van der Waals surface area contributed by atoms with Crippen LogP contribution in [0.3, 0.4) is 0 Å². The van der Waals surface area contributed by atoms with Crippen LogP contribution in [-0.2, 0) is 11.3 Å². The first-order valence-corrected chi connectivity index (χ1v) is 12.2. The highest BCUT2D eigenvalue weighted by molar-refractivity contribution is 6.22. The molecule has 5 heteroatoms. The van der Waals surface area contributed by atoms with E-state index in [1.54, 1.807) is 0 Å². The van der Waals surface area contributed by atoms with Crippen LogP contribution < -0.4 is 4.74 Å². The average Bonchev–Trinajstić information content (AvgIpc) is 3.18. The highest BCUT2D eigenvalue weighted by atomic mass is 16.5. The summed E-state index contributed by atoms with van der Waals surface area (Å²) in [7, 11) is 2.11. The fraction of sp³-hybridized carbons (Fsp3) is 0.345. The minimum absolute atomic E-state index is 0.0806. The zero-order valence-electron chi connectivity index (χ0n) is 20.6. The van der Waals surface area contributed by atoms with Gasteiger partial charge >= 0.3 is 0 Å². The largest absolute Gasteiger partial charge is 0.490 e. The van der Waals surface area contributed by atoms with Crippen LogP contribution >= 0.6 is 0 Å². The predicted octanol–water partition coefficient (Wildman–Crippen LogP) is 5.70. The summed E-state index contributed by atoms with van der Waals surface area (Å²) in [4.78, 5) is 15.8. The van der Waals surface area contributed by atoms with Gasteiger partial charge in [0, 0.05) is 29.7 Å². The molecule has 1 saturated heterocycles. The maximum absolute atomic E-state index is 13.5. The monoisotopic (exact) mass is 458 g/mol. The van der Waals surface area contributed by atoms with Gasteiger partial charge in [0.15, 0.2) is 5.78 Å². The molecule has 4 aromatic rings. The molecule has 178 valence electrons. The number of ether oxygens (including phenoxy) is 2. The summed E-state index contributed by atoms with van der Waals surface area (Å²) in [5.74, 6) is 0.945. The molecule has 0 radical (unpaired) electrons. The van der Waals surface area contributed by atoms with Gasteiger partial charge in [-0.25, -0.2) is 0 Å². The van der Waals surface area contributed by atoms with E-state index >= 15 is 0 Å². The number of carbonyl (C=O) groups is 1. The predicted molar refractivity (Wildman–Crippen MR) is 139 cm³/mol. The Morgan fingerprint density at radius 3 is 2.24 bits per heavy atom. The standard InChI is InChI=1S/C22H17NO2.C5H11NO.C2H6/c1-14-20(18-10-5-11-19-21(18)23(14)12-13-25-19)22(24)17-9-4-7-15-6-2-3-8-16(15)17;1-6-2-4-7-5-3-6;1-2/h2-11H,12-13H2,1H3;2-5H2,1H3;1-2H3. The lowest BCUT2D eigenvalue weighted by Crippen LogP contribution is -2.32. The number of hydrogen-bond donors (Lipinski definition) is 0. The Bertz CT molecular complexity index is 1280. The van der Waals surface area contributed by atoms with Gasteiger partial charge in [-0.1, -0.05) is 68.4 Å². The third-order valence-corrected chi connectivity index (χ3v) is 6.37. The highest BCUT2D eigenvalue weighted by Crippen LogP contribution is 2.36. The number of hydrogen-bond acceptors (Lipinski definition) is 4. The van der Waals surface area contributed by atoms with Gasteiger partial charge in [-0.15, -0.1) is 0 Å². The van der Waals surface area contributed by atoms with E-state index in [9.17, 15) is 4.79 Å². The fourth-order valence-electron chi connectivity index (χ4n) is 4.64. The third kappa shape index (κ3) is 4.59. The molecule has 1 fully saturated rings. The van der Waals surface area contributed by atoms with Crippen molar-refractivity contribution in [3.05, 3.63) is 77.5 Å². The number of fused-ring (bicyclic) bond motifs is 1. The van der Waals surface area contributed by atoms with Gasteiger partial charge in [-0.3, -0.25) is 4.79 Å². The molecule has 0 aliphatic carbocycles. The Morgan fingerprint density at radius 2 is 1.50 bits per heavy atom. The molecule has 0 saturated carbocycles. The normalized spacial score (nSPS) is 15.1. The van der Waals surface area contributed by atoms with E-state index in [1.165, 1.54) is 0 Å². The van der Waals surface area contributed by atoms with E-state index in [2.05, 4.69) is 16.5 Å². The molecule has 0 unspecified atom stereocenters. The number of benzene rings is 3. The van der Waals surface area contributed by atoms with E-state index in [0.717, 1.165) is 77.1 Å². The van der Waals surface area contributed by atoms with Crippen LogP contribution in [0.4, 0.5) is 0 Å². The molecule has 1 aromatic heterocycles. The Hall–Kier alpha value is -3.15. The van der Waals surface area contributed by atoms with Crippen LogP contribution in [0.5, 0.6) is 5.75 Å². The maximum atomic E-state index is 13.5. The van der Waals surface area contributed by atoms with Crippen molar-refractivity contribution in [2.24, 2.45) is 0 Å². The van der Waals surface area contributed by atoms with E-state index in [-0.39, 0.29) is 5.78 Å². The quantitative estimate of drug-likeness (QED) is 0.361. The molecule has 0 atom stereocenters. The molecule has 2 aliphatic rings. The molecule has 34 heavy (non-hydrogen) atoms. The summed E-state index contributed by atoms with van der Waals surface area (Å²) in [6, 6.07) is 19.9. The molecule has 0 bridgehead atoms. The van der Waals surface area contributed by atoms with Crippen molar-refractivity contribution in [1.82, 2.24) is 9.47 Å². The Morgan fingerprint density at radius 1 is 0.824 bits per heavy atom. The molecular formula is C29H34N2O3. The number of para-hydroxylation sites is 1. The first kappa shape index (κ1) is 24.0. The van der Waals surface area contributed by atoms with Crippen LogP contribution in [0.25, 0.3) is 21.7 Å². The van der Waals surface area contributed by atoms with Crippen molar-refractivity contribution < 1.29 is 14.3 Å². The van der Waals surface area contributed by atoms with Gasteiger partial charge in [0.25, 0.3) is 0 Å². The average molecular weight is 459 g/mol. The molecule has 2 aliphatic heterocycles. The number of rotatable bonds is 2. The van der Waals surface area contributed by atoms with Gasteiger partial charge in [0.1, 0.15) is 12.4 Å². The first-order chi connectivity index (χ1) is 16.6. The smallest absolute Gasteiger partial charge is 0.196 e. The minimum atomic E-state index is 0.0806. The fourth-order valence-corrected chi connectivity index (χ4v) is 4.64. The SMILES string of the molecule is CC.CN1CCOCC1.Cc1c(C(=O)c2cccc3ccccc23)c2cccc3c2n1CCO3. The van der Waals surface area contributed by atoms with Crippen LogP contribution in [-0.4, -0.2) is 55.2 Å². The summed E-state index contributed by atoms with van der Waals surface area (Å²) in [5, 5.41) is 3.06. The lowest BCUT2D eigenvalue weighted by atomic mass is 9.95.